The third kappa shape index (κ3) is 5.29. The number of ether oxygens (including phenoxy) is 1. The van der Waals surface area contributed by atoms with Crippen LogP contribution in [0.3, 0.4) is 0 Å². The molecule has 0 radical (unpaired) electrons. The van der Waals surface area contributed by atoms with E-state index in [9.17, 15) is 9.59 Å². The van der Waals surface area contributed by atoms with E-state index < -0.39 is 0 Å². The molecule has 4 rings (SSSR count). The first-order chi connectivity index (χ1) is 16.0. The molecule has 0 fully saturated rings. The maximum atomic E-state index is 13.5. The van der Waals surface area contributed by atoms with Crippen molar-refractivity contribution < 1.29 is 14.3 Å². The van der Waals surface area contributed by atoms with Crippen molar-refractivity contribution in [3.63, 3.8) is 0 Å². The predicted molar refractivity (Wildman–Crippen MR) is 130 cm³/mol. The van der Waals surface area contributed by atoms with Gasteiger partial charge in [-0.1, -0.05) is 78.4 Å². The Balaban J connectivity index is 1.65. The number of carbonyl (C=O) groups is 2. The summed E-state index contributed by atoms with van der Waals surface area (Å²) in [5.41, 5.74) is 4.83. The molecule has 3 aromatic carbocycles. The summed E-state index contributed by atoms with van der Waals surface area (Å²) in [7, 11) is 0. The fourth-order valence-electron chi connectivity index (χ4n) is 3.82. The highest BCUT2D eigenvalue weighted by Crippen LogP contribution is 2.33. The fraction of sp³-hybridized carbons (Fsp3) is 0.172. The van der Waals surface area contributed by atoms with E-state index in [1.807, 2.05) is 105 Å². The van der Waals surface area contributed by atoms with Crippen LogP contribution in [0, 0.1) is 0 Å². The average molecular weight is 438 g/mol. The Labute approximate surface area is 194 Å². The molecule has 0 spiro atoms. The van der Waals surface area contributed by atoms with Crippen molar-refractivity contribution in [1.29, 1.82) is 0 Å². The van der Waals surface area contributed by atoms with Crippen LogP contribution in [0.15, 0.2) is 102 Å². The lowest BCUT2D eigenvalue weighted by Crippen LogP contribution is -2.31. The van der Waals surface area contributed by atoms with Crippen molar-refractivity contribution >= 4 is 17.4 Å². The Hall–Kier alpha value is -3.92. The van der Waals surface area contributed by atoms with Crippen LogP contribution in [-0.4, -0.2) is 23.3 Å². The second-order valence-corrected chi connectivity index (χ2v) is 8.31. The number of carbonyl (C=O) groups excluding carboxylic acids is 2. The summed E-state index contributed by atoms with van der Waals surface area (Å²) < 4.78 is 5.75. The Bertz CT molecular complexity index is 1190. The molecule has 0 saturated heterocycles. The van der Waals surface area contributed by atoms with Gasteiger partial charge in [-0.25, -0.2) is 0 Å². The molecule has 0 aliphatic carbocycles. The van der Waals surface area contributed by atoms with Crippen molar-refractivity contribution in [3.8, 4) is 5.75 Å². The van der Waals surface area contributed by atoms with Crippen LogP contribution in [0.5, 0.6) is 5.75 Å². The third-order valence-electron chi connectivity index (χ3n) is 5.56. The third-order valence-corrected chi connectivity index (χ3v) is 5.56. The highest BCUT2D eigenvalue weighted by molar-refractivity contribution is 6.35. The van der Waals surface area contributed by atoms with Gasteiger partial charge >= 0.3 is 0 Å². The van der Waals surface area contributed by atoms with E-state index in [2.05, 4.69) is 0 Å². The van der Waals surface area contributed by atoms with Crippen molar-refractivity contribution in [2.45, 2.75) is 26.8 Å². The van der Waals surface area contributed by atoms with Gasteiger partial charge in [0.15, 0.2) is 0 Å². The number of rotatable bonds is 8. The Morgan fingerprint density at radius 1 is 0.788 bits per heavy atom. The van der Waals surface area contributed by atoms with Gasteiger partial charge in [-0.2, -0.15) is 0 Å². The summed E-state index contributed by atoms with van der Waals surface area (Å²) in [6, 6.07) is 26.8. The number of nitrogens with zero attached hydrogens (tertiary/aromatic N) is 1. The summed E-state index contributed by atoms with van der Waals surface area (Å²) in [6.07, 6.45) is 2.42. The zero-order valence-electron chi connectivity index (χ0n) is 19.0. The lowest BCUT2D eigenvalue weighted by atomic mass is 9.96. The van der Waals surface area contributed by atoms with Gasteiger partial charge < -0.3 is 4.74 Å². The van der Waals surface area contributed by atoms with E-state index in [0.29, 0.717) is 24.2 Å². The van der Waals surface area contributed by atoms with Gasteiger partial charge in [0.25, 0.3) is 11.8 Å². The van der Waals surface area contributed by atoms with E-state index in [1.54, 1.807) is 0 Å². The molecule has 1 aliphatic rings. The molecule has 1 aliphatic heterocycles. The Kier molecular flexibility index (Phi) is 6.84. The number of imide groups is 1. The van der Waals surface area contributed by atoms with Gasteiger partial charge in [0.2, 0.25) is 0 Å². The highest BCUT2D eigenvalue weighted by atomic mass is 16.5. The van der Waals surface area contributed by atoms with Crippen LogP contribution in [0.2, 0.25) is 0 Å². The average Bonchev–Trinajstić information content (AvgIpc) is 3.05. The van der Waals surface area contributed by atoms with Crippen LogP contribution >= 0.6 is 0 Å². The minimum atomic E-state index is -0.256. The Morgan fingerprint density at radius 3 is 2.00 bits per heavy atom. The number of amides is 2. The van der Waals surface area contributed by atoms with Crippen LogP contribution in [-0.2, 0) is 22.6 Å². The molecule has 0 atom stereocenters. The van der Waals surface area contributed by atoms with Crippen LogP contribution < -0.4 is 4.74 Å². The van der Waals surface area contributed by atoms with E-state index in [1.165, 1.54) is 10.5 Å². The van der Waals surface area contributed by atoms with Crippen molar-refractivity contribution in [3.05, 3.63) is 119 Å². The summed E-state index contributed by atoms with van der Waals surface area (Å²) in [5, 5.41) is 0. The van der Waals surface area contributed by atoms with Crippen molar-refractivity contribution in [2.75, 3.05) is 6.61 Å². The maximum absolute atomic E-state index is 13.5. The van der Waals surface area contributed by atoms with E-state index in [-0.39, 0.29) is 18.4 Å². The number of hydrogen-bond acceptors (Lipinski definition) is 3. The lowest BCUT2D eigenvalue weighted by Gasteiger charge is -2.15. The first-order valence-corrected chi connectivity index (χ1v) is 11.1. The van der Waals surface area contributed by atoms with Crippen LogP contribution in [0.4, 0.5) is 0 Å². The summed E-state index contributed by atoms with van der Waals surface area (Å²) >= 11 is 0. The van der Waals surface area contributed by atoms with Gasteiger partial charge in [-0.05, 0) is 48.7 Å². The SMILES string of the molecule is CC(C)=CCOc1ccc(C2=C(Cc3ccccc3)C(=O)N(Cc3ccccc3)C2=O)cc1. The summed E-state index contributed by atoms with van der Waals surface area (Å²) in [4.78, 5) is 28.2. The molecule has 0 N–H and O–H groups in total. The van der Waals surface area contributed by atoms with Gasteiger partial charge in [-0.3, -0.25) is 14.5 Å². The van der Waals surface area contributed by atoms with E-state index in [4.69, 9.17) is 4.74 Å². The molecule has 1 heterocycles. The summed E-state index contributed by atoms with van der Waals surface area (Å²) in [6.45, 7) is 4.80. The monoisotopic (exact) mass is 437 g/mol. The molecular weight excluding hydrogens is 410 g/mol. The quantitative estimate of drug-likeness (QED) is 0.341. The smallest absolute Gasteiger partial charge is 0.262 e. The largest absolute Gasteiger partial charge is 0.490 e. The highest BCUT2D eigenvalue weighted by Gasteiger charge is 2.38. The molecule has 0 saturated carbocycles. The fourth-order valence-corrected chi connectivity index (χ4v) is 3.82. The second-order valence-electron chi connectivity index (χ2n) is 8.31. The molecule has 4 nitrogen and oxygen atoms in total. The van der Waals surface area contributed by atoms with Crippen molar-refractivity contribution in [1.82, 2.24) is 4.90 Å². The van der Waals surface area contributed by atoms with Crippen LogP contribution in [0.1, 0.15) is 30.5 Å². The van der Waals surface area contributed by atoms with E-state index in [0.717, 1.165) is 22.4 Å². The van der Waals surface area contributed by atoms with Gasteiger partial charge in [-0.15, -0.1) is 0 Å². The molecule has 4 heteroatoms. The number of hydrogen-bond donors (Lipinski definition) is 0. The maximum Gasteiger partial charge on any atom is 0.262 e. The molecule has 0 aromatic heterocycles. The molecular formula is C29H27NO3. The Morgan fingerprint density at radius 2 is 1.39 bits per heavy atom. The first-order valence-electron chi connectivity index (χ1n) is 11.1. The molecule has 0 unspecified atom stereocenters. The lowest BCUT2D eigenvalue weighted by molar-refractivity contribution is -0.137. The van der Waals surface area contributed by atoms with Crippen LogP contribution in [0.25, 0.3) is 5.57 Å². The molecule has 0 bridgehead atoms. The zero-order chi connectivity index (χ0) is 23.2. The zero-order valence-corrected chi connectivity index (χ0v) is 19.0. The molecule has 2 amide bonds. The second kappa shape index (κ2) is 10.1. The molecule has 33 heavy (non-hydrogen) atoms. The topological polar surface area (TPSA) is 46.6 Å². The molecule has 3 aromatic rings. The first kappa shape index (κ1) is 22.3. The number of benzene rings is 3. The van der Waals surface area contributed by atoms with Gasteiger partial charge in [0.05, 0.1) is 12.1 Å². The van der Waals surface area contributed by atoms with Crippen molar-refractivity contribution in [2.24, 2.45) is 0 Å². The predicted octanol–water partition coefficient (Wildman–Crippen LogP) is 5.60. The van der Waals surface area contributed by atoms with Gasteiger partial charge in [0, 0.05) is 12.0 Å². The van der Waals surface area contributed by atoms with Gasteiger partial charge in [0.1, 0.15) is 12.4 Å². The number of allylic oxidation sites excluding steroid dienone is 1. The minimum absolute atomic E-state index is 0.230. The normalized spacial score (nSPS) is 13.5. The standard InChI is InChI=1S/C29H27NO3/c1-21(2)17-18-33-25-15-13-24(14-16-25)27-26(19-22-9-5-3-6-10-22)28(31)30(29(27)32)20-23-11-7-4-8-12-23/h3-17H,18-20H2,1-2H3. The summed E-state index contributed by atoms with van der Waals surface area (Å²) in [5.74, 6) is 0.235. The molecule has 166 valence electrons. The van der Waals surface area contributed by atoms with E-state index >= 15 is 0 Å². The minimum Gasteiger partial charge on any atom is -0.490 e.